The number of aliphatic hydroxyl groups is 1. The number of carbonyl (C=O) groups excluding carboxylic acids is 1. The van der Waals surface area contributed by atoms with Crippen molar-refractivity contribution in [1.29, 1.82) is 0 Å². The summed E-state index contributed by atoms with van der Waals surface area (Å²) in [6, 6.07) is 0. The van der Waals surface area contributed by atoms with Crippen LogP contribution in [-0.2, 0) is 4.74 Å². The van der Waals surface area contributed by atoms with Gasteiger partial charge in [0, 0.05) is 19.7 Å². The van der Waals surface area contributed by atoms with Gasteiger partial charge in [-0.3, -0.25) is 0 Å². The monoisotopic (exact) mass is 227 g/mol. The Bertz CT molecular complexity index is 297. The maximum Gasteiger partial charge on any atom is 0.410 e. The van der Waals surface area contributed by atoms with Crippen LogP contribution in [0.1, 0.15) is 33.6 Å². The Morgan fingerprint density at radius 3 is 2.75 bits per heavy atom. The third-order valence-corrected chi connectivity index (χ3v) is 3.62. The molecule has 16 heavy (non-hydrogen) atoms. The second-order valence-electron chi connectivity index (χ2n) is 6.10. The second kappa shape index (κ2) is 3.62. The number of hydrogen-bond acceptors (Lipinski definition) is 3. The van der Waals surface area contributed by atoms with Crippen molar-refractivity contribution in [2.24, 2.45) is 11.3 Å². The van der Waals surface area contributed by atoms with E-state index in [1.165, 1.54) is 0 Å². The average Bonchev–Trinajstić information content (AvgIpc) is 2.62. The molecule has 0 bridgehead atoms. The van der Waals surface area contributed by atoms with Gasteiger partial charge < -0.3 is 14.7 Å². The van der Waals surface area contributed by atoms with Crippen molar-refractivity contribution in [3.63, 3.8) is 0 Å². The van der Waals surface area contributed by atoms with Gasteiger partial charge in [0.2, 0.25) is 0 Å². The number of nitrogens with zero attached hydrogens (tertiary/aromatic N) is 1. The van der Waals surface area contributed by atoms with E-state index in [0.29, 0.717) is 5.92 Å². The van der Waals surface area contributed by atoms with E-state index in [9.17, 15) is 4.79 Å². The first kappa shape index (κ1) is 11.7. The minimum atomic E-state index is -0.424. The van der Waals surface area contributed by atoms with Gasteiger partial charge in [-0.2, -0.15) is 0 Å². The smallest absolute Gasteiger partial charge is 0.410 e. The third-order valence-electron chi connectivity index (χ3n) is 3.62. The predicted molar refractivity (Wildman–Crippen MR) is 60.0 cm³/mol. The SMILES string of the molecule is CC(C)(C)OC(=O)N1CC[C@@]2(C[C@@H]2CO)C1. The van der Waals surface area contributed by atoms with Crippen LogP contribution in [0.5, 0.6) is 0 Å². The van der Waals surface area contributed by atoms with Gasteiger partial charge in [0.25, 0.3) is 0 Å². The van der Waals surface area contributed by atoms with Crippen LogP contribution in [0.25, 0.3) is 0 Å². The molecule has 0 aromatic carbocycles. The third kappa shape index (κ3) is 2.17. The van der Waals surface area contributed by atoms with Crippen molar-refractivity contribution < 1.29 is 14.6 Å². The second-order valence-corrected chi connectivity index (χ2v) is 6.10. The zero-order valence-corrected chi connectivity index (χ0v) is 10.3. The van der Waals surface area contributed by atoms with Crippen molar-refractivity contribution >= 4 is 6.09 Å². The lowest BCUT2D eigenvalue weighted by atomic mass is 10.0. The van der Waals surface area contributed by atoms with Crippen LogP contribution in [0.2, 0.25) is 0 Å². The van der Waals surface area contributed by atoms with Crippen LogP contribution in [0.4, 0.5) is 4.79 Å². The Kier molecular flexibility index (Phi) is 2.65. The molecule has 2 fully saturated rings. The van der Waals surface area contributed by atoms with Crippen molar-refractivity contribution in [3.8, 4) is 0 Å². The molecule has 1 spiro atoms. The summed E-state index contributed by atoms with van der Waals surface area (Å²) < 4.78 is 5.34. The van der Waals surface area contributed by atoms with E-state index in [0.717, 1.165) is 25.9 Å². The number of likely N-dealkylation sites (tertiary alicyclic amines) is 1. The fourth-order valence-electron chi connectivity index (χ4n) is 2.57. The standard InChI is InChI=1S/C12H21NO3/c1-11(2,3)16-10(15)13-5-4-12(8-13)6-9(12)7-14/h9,14H,4-8H2,1-3H3/t9-,12-/m1/s1. The van der Waals surface area contributed by atoms with Crippen molar-refractivity contribution in [2.75, 3.05) is 19.7 Å². The minimum Gasteiger partial charge on any atom is -0.444 e. The first-order valence-corrected chi connectivity index (χ1v) is 5.95. The quantitative estimate of drug-likeness (QED) is 0.740. The number of ether oxygens (including phenoxy) is 1. The molecular formula is C12H21NO3. The topological polar surface area (TPSA) is 49.8 Å². The van der Waals surface area contributed by atoms with Gasteiger partial charge in [0.05, 0.1) is 0 Å². The van der Waals surface area contributed by atoms with Gasteiger partial charge in [-0.05, 0) is 44.9 Å². The van der Waals surface area contributed by atoms with E-state index in [2.05, 4.69) is 0 Å². The summed E-state index contributed by atoms with van der Waals surface area (Å²) in [5.74, 6) is 0.403. The van der Waals surface area contributed by atoms with Gasteiger partial charge >= 0.3 is 6.09 Å². The van der Waals surface area contributed by atoms with E-state index in [1.54, 1.807) is 4.90 Å². The molecule has 4 nitrogen and oxygen atoms in total. The maximum absolute atomic E-state index is 11.8. The number of carbonyl (C=O) groups is 1. The highest BCUT2D eigenvalue weighted by Gasteiger charge is 2.57. The van der Waals surface area contributed by atoms with Crippen LogP contribution >= 0.6 is 0 Å². The van der Waals surface area contributed by atoms with Crippen molar-refractivity contribution in [1.82, 2.24) is 4.90 Å². The van der Waals surface area contributed by atoms with Crippen LogP contribution in [-0.4, -0.2) is 41.4 Å². The van der Waals surface area contributed by atoms with Gasteiger partial charge in [-0.25, -0.2) is 4.79 Å². The molecule has 1 N–H and O–H groups in total. The highest BCUT2D eigenvalue weighted by molar-refractivity contribution is 5.68. The van der Waals surface area contributed by atoms with Gasteiger partial charge in [0.1, 0.15) is 5.60 Å². The number of amides is 1. The van der Waals surface area contributed by atoms with Crippen LogP contribution < -0.4 is 0 Å². The molecule has 2 aliphatic rings. The molecule has 0 radical (unpaired) electrons. The first-order valence-electron chi connectivity index (χ1n) is 5.95. The summed E-state index contributed by atoms with van der Waals surface area (Å²) in [4.78, 5) is 13.6. The van der Waals surface area contributed by atoms with Crippen LogP contribution in [0.15, 0.2) is 0 Å². The summed E-state index contributed by atoms with van der Waals surface area (Å²) >= 11 is 0. The molecular weight excluding hydrogens is 206 g/mol. The Labute approximate surface area is 96.6 Å². The largest absolute Gasteiger partial charge is 0.444 e. The molecule has 2 rings (SSSR count). The molecule has 1 aliphatic heterocycles. The molecule has 2 atom stereocenters. The van der Waals surface area contributed by atoms with Gasteiger partial charge in [-0.15, -0.1) is 0 Å². The molecule has 1 saturated carbocycles. The highest BCUT2D eigenvalue weighted by atomic mass is 16.6. The number of aliphatic hydroxyl groups excluding tert-OH is 1. The fraction of sp³-hybridized carbons (Fsp3) is 0.917. The Morgan fingerprint density at radius 2 is 2.25 bits per heavy atom. The molecule has 1 amide bonds. The van der Waals surface area contributed by atoms with Gasteiger partial charge in [0.15, 0.2) is 0 Å². The Morgan fingerprint density at radius 1 is 1.56 bits per heavy atom. The molecule has 0 aromatic heterocycles. The number of rotatable bonds is 1. The zero-order valence-electron chi connectivity index (χ0n) is 10.3. The van der Waals surface area contributed by atoms with Gasteiger partial charge in [-0.1, -0.05) is 0 Å². The van der Waals surface area contributed by atoms with E-state index in [4.69, 9.17) is 9.84 Å². The molecule has 1 saturated heterocycles. The predicted octanol–water partition coefficient (Wildman–Crippen LogP) is 1.63. The van der Waals surface area contributed by atoms with Crippen molar-refractivity contribution in [3.05, 3.63) is 0 Å². The van der Waals surface area contributed by atoms with Crippen LogP contribution in [0, 0.1) is 11.3 Å². The summed E-state index contributed by atoms with van der Waals surface area (Å²) in [6.45, 7) is 7.42. The Balaban J connectivity index is 1.88. The van der Waals surface area contributed by atoms with Crippen LogP contribution in [0.3, 0.4) is 0 Å². The summed E-state index contributed by atoms with van der Waals surface area (Å²) in [5.41, 5.74) is -0.210. The molecule has 0 unspecified atom stereocenters. The molecule has 1 heterocycles. The van der Waals surface area contributed by atoms with E-state index in [1.807, 2.05) is 20.8 Å². The molecule has 92 valence electrons. The summed E-state index contributed by atoms with van der Waals surface area (Å²) in [7, 11) is 0. The molecule has 1 aliphatic carbocycles. The fourth-order valence-corrected chi connectivity index (χ4v) is 2.57. The zero-order chi connectivity index (χ0) is 12.0. The van der Waals surface area contributed by atoms with E-state index in [-0.39, 0.29) is 18.1 Å². The maximum atomic E-state index is 11.8. The molecule has 0 aromatic rings. The summed E-state index contributed by atoms with van der Waals surface area (Å²) in [6.07, 6.45) is 1.85. The first-order chi connectivity index (χ1) is 7.36. The lowest BCUT2D eigenvalue weighted by molar-refractivity contribution is 0.0283. The number of hydrogen-bond donors (Lipinski definition) is 1. The van der Waals surface area contributed by atoms with E-state index < -0.39 is 5.60 Å². The van der Waals surface area contributed by atoms with E-state index >= 15 is 0 Å². The lowest BCUT2D eigenvalue weighted by Crippen LogP contribution is -2.35. The highest BCUT2D eigenvalue weighted by Crippen LogP contribution is 2.58. The molecule has 4 heteroatoms. The minimum absolute atomic E-state index is 0.214. The van der Waals surface area contributed by atoms with Crippen molar-refractivity contribution in [2.45, 2.75) is 39.2 Å². The Hall–Kier alpha value is -0.770. The average molecular weight is 227 g/mol. The summed E-state index contributed by atoms with van der Waals surface area (Å²) in [5, 5.41) is 9.11. The normalized spacial score (nSPS) is 33.2. The lowest BCUT2D eigenvalue weighted by Gasteiger charge is -2.24.